The fourth-order valence-corrected chi connectivity index (χ4v) is 2.92. The normalized spacial score (nSPS) is 10.5. The Morgan fingerprint density at radius 3 is 2.45 bits per heavy atom. The van der Waals surface area contributed by atoms with Crippen LogP contribution in [0.25, 0.3) is 0 Å². The van der Waals surface area contributed by atoms with Gasteiger partial charge in [0.2, 0.25) is 0 Å². The highest BCUT2D eigenvalue weighted by atomic mass is 35.5. The van der Waals surface area contributed by atoms with E-state index in [4.69, 9.17) is 25.8 Å². The number of ether oxygens (including phenoxy) is 3. The summed E-state index contributed by atoms with van der Waals surface area (Å²) in [6.07, 6.45) is 3.24. The summed E-state index contributed by atoms with van der Waals surface area (Å²) in [5.41, 5.74) is 1.87. The van der Waals surface area contributed by atoms with E-state index < -0.39 is 0 Å². The quantitative estimate of drug-likeness (QED) is 0.396. The monoisotopic (exact) mass is 445 g/mol. The Hall–Kier alpha value is -1.53. The van der Waals surface area contributed by atoms with Crippen LogP contribution < -0.4 is 14.8 Å². The SMILES string of the molecule is CCCCOCCCNCc1cc(Cl)c(OCc2ccc(F)cc2)c(OC)c1.Cl. The van der Waals surface area contributed by atoms with Crippen LogP contribution in [0.2, 0.25) is 5.02 Å². The topological polar surface area (TPSA) is 39.7 Å². The van der Waals surface area contributed by atoms with Crippen LogP contribution in [0, 0.1) is 5.82 Å². The summed E-state index contributed by atoms with van der Waals surface area (Å²) in [6.45, 7) is 5.60. The van der Waals surface area contributed by atoms with Gasteiger partial charge in [0.05, 0.1) is 12.1 Å². The first-order valence-electron chi connectivity index (χ1n) is 9.66. The van der Waals surface area contributed by atoms with Crippen LogP contribution in [0.4, 0.5) is 4.39 Å². The van der Waals surface area contributed by atoms with Gasteiger partial charge in [0, 0.05) is 19.8 Å². The van der Waals surface area contributed by atoms with Crippen LogP contribution in [0.15, 0.2) is 36.4 Å². The summed E-state index contributed by atoms with van der Waals surface area (Å²) < 4.78 is 29.8. The molecule has 0 aliphatic rings. The summed E-state index contributed by atoms with van der Waals surface area (Å²) >= 11 is 6.40. The molecular formula is C22H30Cl2FNO3. The van der Waals surface area contributed by atoms with E-state index in [1.807, 2.05) is 12.1 Å². The highest BCUT2D eigenvalue weighted by molar-refractivity contribution is 6.32. The lowest BCUT2D eigenvalue weighted by atomic mass is 10.2. The molecule has 0 amide bonds. The molecule has 4 nitrogen and oxygen atoms in total. The fraction of sp³-hybridized carbons (Fsp3) is 0.455. The van der Waals surface area contributed by atoms with Gasteiger partial charge in [-0.15, -0.1) is 12.4 Å². The summed E-state index contributed by atoms with van der Waals surface area (Å²) in [6, 6.07) is 9.95. The number of hydrogen-bond donors (Lipinski definition) is 1. The van der Waals surface area contributed by atoms with Crippen LogP contribution in [-0.2, 0) is 17.9 Å². The number of benzene rings is 2. The minimum atomic E-state index is -0.274. The third kappa shape index (κ3) is 9.22. The van der Waals surface area contributed by atoms with E-state index in [0.717, 1.165) is 50.1 Å². The van der Waals surface area contributed by atoms with Gasteiger partial charge >= 0.3 is 0 Å². The van der Waals surface area contributed by atoms with Gasteiger partial charge in [-0.2, -0.15) is 0 Å². The molecule has 2 aromatic carbocycles. The average molecular weight is 446 g/mol. The zero-order chi connectivity index (χ0) is 20.2. The molecule has 162 valence electrons. The third-order valence-corrected chi connectivity index (χ3v) is 4.48. The van der Waals surface area contributed by atoms with Crippen molar-refractivity contribution in [1.29, 1.82) is 0 Å². The Balaban J connectivity index is 0.00000420. The molecule has 7 heteroatoms. The van der Waals surface area contributed by atoms with Crippen molar-refractivity contribution in [3.63, 3.8) is 0 Å². The predicted octanol–water partition coefficient (Wildman–Crippen LogP) is 5.78. The average Bonchev–Trinajstić information content (AvgIpc) is 2.70. The summed E-state index contributed by atoms with van der Waals surface area (Å²) in [5, 5.41) is 3.87. The van der Waals surface area contributed by atoms with E-state index in [9.17, 15) is 4.39 Å². The highest BCUT2D eigenvalue weighted by Crippen LogP contribution is 2.37. The second-order valence-corrected chi connectivity index (χ2v) is 6.93. The Morgan fingerprint density at radius 2 is 1.76 bits per heavy atom. The molecule has 0 radical (unpaired) electrons. The van der Waals surface area contributed by atoms with Crippen molar-refractivity contribution < 1.29 is 18.6 Å². The number of unbranched alkanes of at least 4 members (excludes halogenated alkanes) is 1. The summed E-state index contributed by atoms with van der Waals surface area (Å²) in [7, 11) is 1.58. The molecule has 0 saturated carbocycles. The molecular weight excluding hydrogens is 416 g/mol. The Morgan fingerprint density at radius 1 is 1.03 bits per heavy atom. The van der Waals surface area contributed by atoms with Crippen molar-refractivity contribution in [2.45, 2.75) is 39.3 Å². The highest BCUT2D eigenvalue weighted by Gasteiger charge is 2.12. The van der Waals surface area contributed by atoms with Crippen LogP contribution in [0.3, 0.4) is 0 Å². The lowest BCUT2D eigenvalue weighted by Crippen LogP contribution is -2.16. The largest absolute Gasteiger partial charge is 0.493 e. The minimum absolute atomic E-state index is 0. The first kappa shape index (κ1) is 25.5. The number of halogens is 3. The van der Waals surface area contributed by atoms with Gasteiger partial charge in [-0.3, -0.25) is 0 Å². The van der Waals surface area contributed by atoms with Crippen LogP contribution in [0.5, 0.6) is 11.5 Å². The maximum absolute atomic E-state index is 13.0. The van der Waals surface area contributed by atoms with Crippen molar-refractivity contribution in [1.82, 2.24) is 5.32 Å². The van der Waals surface area contributed by atoms with Gasteiger partial charge in [-0.05, 0) is 54.8 Å². The minimum Gasteiger partial charge on any atom is -0.493 e. The van der Waals surface area contributed by atoms with Crippen molar-refractivity contribution in [3.8, 4) is 11.5 Å². The van der Waals surface area contributed by atoms with Crippen LogP contribution >= 0.6 is 24.0 Å². The number of nitrogens with one attached hydrogen (secondary N) is 1. The molecule has 0 spiro atoms. The molecule has 2 aromatic rings. The van der Waals surface area contributed by atoms with E-state index in [1.165, 1.54) is 12.1 Å². The number of rotatable bonds is 13. The Bertz CT molecular complexity index is 714. The molecule has 0 fully saturated rings. The van der Waals surface area contributed by atoms with Gasteiger partial charge in [-0.25, -0.2) is 4.39 Å². The van der Waals surface area contributed by atoms with E-state index in [1.54, 1.807) is 19.2 Å². The molecule has 0 atom stereocenters. The molecule has 1 N–H and O–H groups in total. The maximum atomic E-state index is 13.0. The first-order valence-corrected chi connectivity index (χ1v) is 10.0. The molecule has 0 saturated heterocycles. The van der Waals surface area contributed by atoms with E-state index in [2.05, 4.69) is 12.2 Å². The molecule has 2 rings (SSSR count). The number of hydrogen-bond acceptors (Lipinski definition) is 4. The summed E-state index contributed by atoms with van der Waals surface area (Å²) in [5.74, 6) is 0.791. The lowest BCUT2D eigenvalue weighted by Gasteiger charge is -2.15. The van der Waals surface area contributed by atoms with Gasteiger partial charge in [0.1, 0.15) is 12.4 Å². The molecule has 0 bridgehead atoms. The van der Waals surface area contributed by atoms with Crippen molar-refractivity contribution >= 4 is 24.0 Å². The lowest BCUT2D eigenvalue weighted by molar-refractivity contribution is 0.129. The van der Waals surface area contributed by atoms with Crippen molar-refractivity contribution in [3.05, 3.63) is 58.4 Å². The second-order valence-electron chi connectivity index (χ2n) is 6.52. The third-order valence-electron chi connectivity index (χ3n) is 4.20. The van der Waals surface area contributed by atoms with Crippen molar-refractivity contribution in [2.24, 2.45) is 0 Å². The zero-order valence-corrected chi connectivity index (χ0v) is 18.6. The second kappa shape index (κ2) is 14.5. The molecule has 0 aromatic heterocycles. The van der Waals surface area contributed by atoms with E-state index in [0.29, 0.717) is 23.1 Å². The van der Waals surface area contributed by atoms with Gasteiger partial charge < -0.3 is 19.5 Å². The fourth-order valence-electron chi connectivity index (χ4n) is 2.63. The standard InChI is InChI=1S/C22H29ClFNO3.ClH/c1-3-4-11-27-12-5-10-25-15-18-13-20(23)22(21(14-18)26-2)28-16-17-6-8-19(24)9-7-17;/h6-9,13-14,25H,3-5,10-12,15-16H2,1-2H3;1H. The van der Waals surface area contributed by atoms with Gasteiger partial charge in [0.15, 0.2) is 11.5 Å². The van der Waals surface area contributed by atoms with Crippen molar-refractivity contribution in [2.75, 3.05) is 26.9 Å². The Labute approximate surface area is 184 Å². The van der Waals surface area contributed by atoms with Gasteiger partial charge in [0.25, 0.3) is 0 Å². The molecule has 0 aliphatic carbocycles. The van der Waals surface area contributed by atoms with Gasteiger partial charge in [-0.1, -0.05) is 37.1 Å². The molecule has 0 heterocycles. The molecule has 29 heavy (non-hydrogen) atoms. The van der Waals surface area contributed by atoms with E-state index >= 15 is 0 Å². The zero-order valence-electron chi connectivity index (χ0n) is 17.0. The molecule has 0 unspecified atom stereocenters. The predicted molar refractivity (Wildman–Crippen MR) is 118 cm³/mol. The number of methoxy groups -OCH3 is 1. The molecule has 0 aliphatic heterocycles. The van der Waals surface area contributed by atoms with Crippen LogP contribution in [0.1, 0.15) is 37.3 Å². The van der Waals surface area contributed by atoms with Crippen LogP contribution in [-0.4, -0.2) is 26.9 Å². The Kier molecular flexibility index (Phi) is 12.7. The smallest absolute Gasteiger partial charge is 0.180 e. The summed E-state index contributed by atoms with van der Waals surface area (Å²) in [4.78, 5) is 0. The first-order chi connectivity index (χ1) is 13.6. The van der Waals surface area contributed by atoms with E-state index in [-0.39, 0.29) is 24.8 Å². The maximum Gasteiger partial charge on any atom is 0.180 e.